The summed E-state index contributed by atoms with van der Waals surface area (Å²) in [6.45, 7) is 0. The molecular formula is C12H7N3O7S. The second-order valence-corrected chi connectivity index (χ2v) is 5.64. The van der Waals surface area contributed by atoms with Gasteiger partial charge in [-0.2, -0.15) is 0 Å². The topological polar surface area (TPSA) is 146 Å². The first-order chi connectivity index (χ1) is 10.8. The van der Waals surface area contributed by atoms with Crippen LogP contribution in [0.25, 0.3) is 0 Å². The third kappa shape index (κ3) is 3.35. The van der Waals surface area contributed by atoms with E-state index in [1.165, 1.54) is 18.2 Å². The lowest BCUT2D eigenvalue weighted by molar-refractivity contribution is -0.396. The van der Waals surface area contributed by atoms with Gasteiger partial charge in [0.05, 0.1) is 36.5 Å². The van der Waals surface area contributed by atoms with Crippen molar-refractivity contribution in [1.82, 2.24) is 0 Å². The zero-order valence-electron chi connectivity index (χ0n) is 11.1. The molecule has 0 aliphatic heterocycles. The summed E-state index contributed by atoms with van der Waals surface area (Å²) >= 11 is 0. The number of rotatable bonds is 5. The molecule has 2 aromatic carbocycles. The molecule has 0 aliphatic rings. The molecule has 1 atom stereocenters. The van der Waals surface area contributed by atoms with E-state index in [2.05, 4.69) is 0 Å². The average Bonchev–Trinajstić information content (AvgIpc) is 2.53. The van der Waals surface area contributed by atoms with E-state index in [4.69, 9.17) is 0 Å². The maximum absolute atomic E-state index is 12.4. The van der Waals surface area contributed by atoms with Gasteiger partial charge in [0, 0.05) is 18.2 Å². The maximum atomic E-state index is 12.4. The smallest absolute Gasteiger partial charge is 0.258 e. The van der Waals surface area contributed by atoms with E-state index in [1.54, 1.807) is 0 Å². The lowest BCUT2D eigenvalue weighted by Gasteiger charge is -2.04. The van der Waals surface area contributed by atoms with Crippen molar-refractivity contribution in [1.29, 1.82) is 0 Å². The van der Waals surface area contributed by atoms with Crippen LogP contribution in [0.5, 0.6) is 0 Å². The van der Waals surface area contributed by atoms with Crippen LogP contribution in [0.2, 0.25) is 0 Å². The maximum Gasteiger partial charge on any atom is 0.292 e. The summed E-state index contributed by atoms with van der Waals surface area (Å²) in [5.74, 6) is 0. The fourth-order valence-electron chi connectivity index (χ4n) is 1.76. The lowest BCUT2D eigenvalue weighted by atomic mass is 10.3. The van der Waals surface area contributed by atoms with Crippen molar-refractivity contribution in [3.63, 3.8) is 0 Å². The Kier molecular flexibility index (Phi) is 4.41. The molecule has 0 N–H and O–H groups in total. The minimum atomic E-state index is -2.10. The predicted octanol–water partition coefficient (Wildman–Crippen LogP) is 2.58. The SMILES string of the molecule is O=[N+]([O-])c1cccc(S(=O)c2ccc([N+](=O)[O-])cc2[N+](=O)[O-])c1. The molecule has 0 aliphatic carbocycles. The number of nitro benzene ring substituents is 3. The highest BCUT2D eigenvalue weighted by molar-refractivity contribution is 7.85. The van der Waals surface area contributed by atoms with Crippen molar-refractivity contribution in [2.75, 3.05) is 0 Å². The number of hydrogen-bond acceptors (Lipinski definition) is 7. The van der Waals surface area contributed by atoms with Gasteiger partial charge in [-0.3, -0.25) is 30.3 Å². The summed E-state index contributed by atoms with van der Waals surface area (Å²) in [5, 5.41) is 32.5. The monoisotopic (exact) mass is 337 g/mol. The Labute approximate surface area is 130 Å². The Hall–Kier alpha value is -3.21. The van der Waals surface area contributed by atoms with Gasteiger partial charge in [-0.15, -0.1) is 0 Å². The van der Waals surface area contributed by atoms with Gasteiger partial charge in [0.2, 0.25) is 0 Å². The van der Waals surface area contributed by atoms with Crippen LogP contribution < -0.4 is 0 Å². The van der Waals surface area contributed by atoms with E-state index in [0.717, 1.165) is 18.2 Å². The van der Waals surface area contributed by atoms with Crippen LogP contribution in [0.15, 0.2) is 52.3 Å². The lowest BCUT2D eigenvalue weighted by Crippen LogP contribution is -2.01. The van der Waals surface area contributed by atoms with Gasteiger partial charge >= 0.3 is 0 Å². The molecule has 2 aromatic rings. The van der Waals surface area contributed by atoms with Crippen molar-refractivity contribution in [3.05, 3.63) is 72.8 Å². The molecule has 0 saturated carbocycles. The quantitative estimate of drug-likeness (QED) is 0.601. The van der Waals surface area contributed by atoms with E-state index in [-0.39, 0.29) is 15.5 Å². The fourth-order valence-corrected chi connectivity index (χ4v) is 2.96. The van der Waals surface area contributed by atoms with E-state index in [9.17, 15) is 34.6 Å². The first kappa shape index (κ1) is 16.2. The molecule has 0 spiro atoms. The number of non-ortho nitro benzene ring substituents is 2. The Balaban J connectivity index is 2.55. The first-order valence-corrected chi connectivity index (χ1v) is 7.05. The van der Waals surface area contributed by atoms with Crippen LogP contribution in [0.4, 0.5) is 17.1 Å². The largest absolute Gasteiger partial charge is 0.292 e. The summed E-state index contributed by atoms with van der Waals surface area (Å²) in [5.41, 5.74) is -1.53. The van der Waals surface area contributed by atoms with Crippen LogP contribution >= 0.6 is 0 Å². The average molecular weight is 337 g/mol. The molecule has 0 amide bonds. The van der Waals surface area contributed by atoms with Crippen LogP contribution in [-0.2, 0) is 10.8 Å². The molecular weight excluding hydrogens is 330 g/mol. The number of nitro groups is 3. The van der Waals surface area contributed by atoms with Crippen LogP contribution in [-0.4, -0.2) is 19.0 Å². The molecule has 0 radical (unpaired) electrons. The summed E-state index contributed by atoms with van der Waals surface area (Å²) < 4.78 is 12.4. The Bertz CT molecular complexity index is 852. The van der Waals surface area contributed by atoms with Gasteiger partial charge in [0.15, 0.2) is 0 Å². The highest BCUT2D eigenvalue weighted by Gasteiger charge is 2.24. The van der Waals surface area contributed by atoms with Crippen molar-refractivity contribution in [2.45, 2.75) is 9.79 Å². The van der Waals surface area contributed by atoms with Crippen molar-refractivity contribution in [2.24, 2.45) is 0 Å². The van der Waals surface area contributed by atoms with E-state index >= 15 is 0 Å². The second kappa shape index (κ2) is 6.27. The standard InChI is InChI=1S/C12H7N3O7S/c16-13(17)8-2-1-3-10(6-8)23(22)12-5-4-9(14(18)19)7-11(12)15(20)21/h1-7H. The van der Waals surface area contributed by atoms with Crippen molar-refractivity contribution < 1.29 is 19.0 Å². The summed E-state index contributed by atoms with van der Waals surface area (Å²) in [6.07, 6.45) is 0. The number of benzene rings is 2. The first-order valence-electron chi connectivity index (χ1n) is 5.90. The second-order valence-electron chi connectivity index (χ2n) is 4.19. The van der Waals surface area contributed by atoms with Crippen molar-refractivity contribution in [3.8, 4) is 0 Å². The van der Waals surface area contributed by atoms with Gasteiger partial charge in [0.1, 0.15) is 4.90 Å². The van der Waals surface area contributed by atoms with Gasteiger partial charge < -0.3 is 0 Å². The Morgan fingerprint density at radius 1 is 0.783 bits per heavy atom. The number of nitrogens with zero attached hydrogens (tertiary/aromatic N) is 3. The van der Waals surface area contributed by atoms with E-state index in [1.807, 2.05) is 0 Å². The van der Waals surface area contributed by atoms with E-state index < -0.39 is 36.9 Å². The minimum Gasteiger partial charge on any atom is -0.258 e. The van der Waals surface area contributed by atoms with Gasteiger partial charge in [-0.25, -0.2) is 4.21 Å². The molecule has 0 bridgehead atoms. The molecule has 0 saturated heterocycles. The molecule has 11 heteroatoms. The van der Waals surface area contributed by atoms with E-state index in [0.29, 0.717) is 6.07 Å². The minimum absolute atomic E-state index is 0.0175. The highest BCUT2D eigenvalue weighted by Crippen LogP contribution is 2.30. The number of hydrogen-bond donors (Lipinski definition) is 0. The Morgan fingerprint density at radius 3 is 1.96 bits per heavy atom. The highest BCUT2D eigenvalue weighted by atomic mass is 32.2. The zero-order valence-corrected chi connectivity index (χ0v) is 12.0. The fraction of sp³-hybridized carbons (Fsp3) is 0. The predicted molar refractivity (Wildman–Crippen MR) is 77.5 cm³/mol. The van der Waals surface area contributed by atoms with Gasteiger partial charge in [-0.05, 0) is 12.1 Å². The summed E-state index contributed by atoms with van der Waals surface area (Å²) in [7, 11) is -2.10. The van der Waals surface area contributed by atoms with Crippen molar-refractivity contribution >= 4 is 27.9 Å². The molecule has 118 valence electrons. The van der Waals surface area contributed by atoms with Crippen LogP contribution in [0.3, 0.4) is 0 Å². The summed E-state index contributed by atoms with van der Waals surface area (Å²) in [6, 6.07) is 7.51. The third-order valence-electron chi connectivity index (χ3n) is 2.79. The van der Waals surface area contributed by atoms with Gasteiger partial charge in [0.25, 0.3) is 17.1 Å². The van der Waals surface area contributed by atoms with Gasteiger partial charge in [-0.1, -0.05) is 6.07 Å². The third-order valence-corrected chi connectivity index (χ3v) is 4.22. The molecule has 2 rings (SSSR count). The zero-order chi connectivity index (χ0) is 17.1. The molecule has 0 aromatic heterocycles. The molecule has 23 heavy (non-hydrogen) atoms. The van der Waals surface area contributed by atoms with Crippen LogP contribution in [0.1, 0.15) is 0 Å². The Morgan fingerprint density at radius 2 is 1.39 bits per heavy atom. The van der Waals surface area contributed by atoms with Crippen LogP contribution in [0, 0.1) is 30.3 Å². The molecule has 0 fully saturated rings. The molecule has 10 nitrogen and oxygen atoms in total. The molecule has 0 heterocycles. The summed E-state index contributed by atoms with van der Waals surface area (Å²) in [4.78, 5) is 29.8. The molecule has 1 unspecified atom stereocenters. The normalized spacial score (nSPS) is 11.7.